The average molecular weight is 276 g/mol. The molecule has 0 aliphatic rings. The number of carbonyl (C=O) groups is 2. The van der Waals surface area contributed by atoms with Crippen LogP contribution in [0.15, 0.2) is 24.3 Å². The zero-order valence-corrected chi connectivity index (χ0v) is 12.4. The van der Waals surface area contributed by atoms with Gasteiger partial charge in [-0.1, -0.05) is 50.8 Å². The molecule has 0 amide bonds. The monoisotopic (exact) mass is 276 g/mol. The Morgan fingerprint density at radius 3 is 2.65 bits per heavy atom. The summed E-state index contributed by atoms with van der Waals surface area (Å²) in [5.74, 6) is -0.278. The third-order valence-corrected chi connectivity index (χ3v) is 3.30. The molecule has 0 saturated carbocycles. The average Bonchev–Trinajstić information content (AvgIpc) is 2.45. The molecule has 20 heavy (non-hydrogen) atoms. The number of esters is 1. The van der Waals surface area contributed by atoms with Gasteiger partial charge in [0.05, 0.1) is 0 Å². The van der Waals surface area contributed by atoms with E-state index in [0.717, 1.165) is 31.1 Å². The molecule has 110 valence electrons. The topological polar surface area (TPSA) is 43.4 Å². The molecule has 1 aromatic rings. The summed E-state index contributed by atoms with van der Waals surface area (Å²) in [5, 5.41) is 0. The molecule has 0 spiro atoms. The fraction of sp³-hybridized carbons (Fsp3) is 0.529. The Bertz CT molecular complexity index is 426. The second kappa shape index (κ2) is 9.29. The molecule has 0 radical (unpaired) electrons. The summed E-state index contributed by atoms with van der Waals surface area (Å²) in [5.41, 5.74) is 1.52. The van der Waals surface area contributed by atoms with E-state index in [2.05, 4.69) is 6.92 Å². The maximum absolute atomic E-state index is 11.2. The van der Waals surface area contributed by atoms with Crippen LogP contribution < -0.4 is 0 Å². The van der Waals surface area contributed by atoms with Crippen molar-refractivity contribution in [2.45, 2.75) is 58.5 Å². The quantitative estimate of drug-likeness (QED) is 0.380. The van der Waals surface area contributed by atoms with Crippen LogP contribution in [0, 0.1) is 0 Å². The van der Waals surface area contributed by atoms with Crippen LogP contribution in [0.25, 0.3) is 0 Å². The SMILES string of the molecule is CCCCCCC[C@H](OC(C)=O)c1cccc(C=O)c1. The van der Waals surface area contributed by atoms with Crippen LogP contribution in [0.4, 0.5) is 0 Å². The van der Waals surface area contributed by atoms with Gasteiger partial charge in [0.25, 0.3) is 0 Å². The van der Waals surface area contributed by atoms with E-state index < -0.39 is 0 Å². The van der Waals surface area contributed by atoms with E-state index in [0.29, 0.717) is 5.56 Å². The predicted molar refractivity (Wildman–Crippen MR) is 79.7 cm³/mol. The van der Waals surface area contributed by atoms with Crippen LogP contribution in [-0.4, -0.2) is 12.3 Å². The van der Waals surface area contributed by atoms with E-state index in [9.17, 15) is 9.59 Å². The number of unbranched alkanes of at least 4 members (excludes halogenated alkanes) is 4. The normalized spacial score (nSPS) is 11.9. The van der Waals surface area contributed by atoms with Gasteiger partial charge in [-0.15, -0.1) is 0 Å². The highest BCUT2D eigenvalue weighted by Crippen LogP contribution is 2.25. The lowest BCUT2D eigenvalue weighted by molar-refractivity contribution is -0.147. The minimum absolute atomic E-state index is 0.242. The number of benzene rings is 1. The first-order valence-electron chi connectivity index (χ1n) is 7.39. The van der Waals surface area contributed by atoms with Gasteiger partial charge in [0, 0.05) is 12.5 Å². The Hall–Kier alpha value is -1.64. The van der Waals surface area contributed by atoms with Crippen LogP contribution in [0.2, 0.25) is 0 Å². The van der Waals surface area contributed by atoms with E-state index >= 15 is 0 Å². The van der Waals surface area contributed by atoms with E-state index in [1.165, 1.54) is 26.2 Å². The van der Waals surface area contributed by atoms with Crippen molar-refractivity contribution >= 4 is 12.3 Å². The first-order valence-corrected chi connectivity index (χ1v) is 7.39. The molecular formula is C17H24O3. The molecule has 0 heterocycles. The molecular weight excluding hydrogens is 252 g/mol. The maximum atomic E-state index is 11.2. The van der Waals surface area contributed by atoms with Gasteiger partial charge in [0.15, 0.2) is 0 Å². The fourth-order valence-electron chi connectivity index (χ4n) is 2.26. The zero-order valence-electron chi connectivity index (χ0n) is 12.4. The van der Waals surface area contributed by atoms with Gasteiger partial charge < -0.3 is 4.74 Å². The van der Waals surface area contributed by atoms with Gasteiger partial charge >= 0.3 is 5.97 Å². The van der Waals surface area contributed by atoms with Gasteiger partial charge in [-0.2, -0.15) is 0 Å². The van der Waals surface area contributed by atoms with Crippen molar-refractivity contribution in [1.29, 1.82) is 0 Å². The van der Waals surface area contributed by atoms with Crippen LogP contribution in [-0.2, 0) is 9.53 Å². The molecule has 1 rings (SSSR count). The molecule has 0 aliphatic heterocycles. The molecule has 3 heteroatoms. The molecule has 0 bridgehead atoms. The number of hydrogen-bond donors (Lipinski definition) is 0. The van der Waals surface area contributed by atoms with Crippen LogP contribution in [0.5, 0.6) is 0 Å². The molecule has 1 atom stereocenters. The number of hydrogen-bond acceptors (Lipinski definition) is 3. The third-order valence-electron chi connectivity index (χ3n) is 3.30. The van der Waals surface area contributed by atoms with Crippen molar-refractivity contribution in [3.05, 3.63) is 35.4 Å². The second-order valence-electron chi connectivity index (χ2n) is 5.09. The lowest BCUT2D eigenvalue weighted by atomic mass is 10.0. The number of rotatable bonds is 9. The summed E-state index contributed by atoms with van der Waals surface area (Å²) in [4.78, 5) is 22.1. The highest BCUT2D eigenvalue weighted by molar-refractivity contribution is 5.75. The molecule has 0 unspecified atom stereocenters. The second-order valence-corrected chi connectivity index (χ2v) is 5.09. The van der Waals surface area contributed by atoms with Gasteiger partial charge in [0.2, 0.25) is 0 Å². The first kappa shape index (κ1) is 16.4. The number of ether oxygens (including phenoxy) is 1. The Labute approximate surface area is 121 Å². The van der Waals surface area contributed by atoms with Gasteiger partial charge in [-0.25, -0.2) is 0 Å². The number of aldehydes is 1. The fourth-order valence-corrected chi connectivity index (χ4v) is 2.26. The third kappa shape index (κ3) is 6.00. The van der Waals surface area contributed by atoms with E-state index in [-0.39, 0.29) is 12.1 Å². The van der Waals surface area contributed by atoms with E-state index in [1.54, 1.807) is 12.1 Å². The van der Waals surface area contributed by atoms with Crippen molar-refractivity contribution in [2.24, 2.45) is 0 Å². The largest absolute Gasteiger partial charge is 0.458 e. The molecule has 0 N–H and O–H groups in total. The number of carbonyl (C=O) groups excluding carboxylic acids is 2. The van der Waals surface area contributed by atoms with Crippen LogP contribution in [0.3, 0.4) is 0 Å². The summed E-state index contributed by atoms with van der Waals surface area (Å²) in [7, 11) is 0. The van der Waals surface area contributed by atoms with Crippen molar-refractivity contribution < 1.29 is 14.3 Å². The van der Waals surface area contributed by atoms with Crippen molar-refractivity contribution in [2.75, 3.05) is 0 Å². The molecule has 0 aliphatic carbocycles. The maximum Gasteiger partial charge on any atom is 0.303 e. The van der Waals surface area contributed by atoms with Crippen molar-refractivity contribution in [1.82, 2.24) is 0 Å². The Morgan fingerprint density at radius 1 is 1.25 bits per heavy atom. The van der Waals surface area contributed by atoms with Gasteiger partial charge in [-0.3, -0.25) is 9.59 Å². The van der Waals surface area contributed by atoms with Crippen LogP contribution in [0.1, 0.15) is 74.4 Å². The van der Waals surface area contributed by atoms with E-state index in [4.69, 9.17) is 4.74 Å². The van der Waals surface area contributed by atoms with E-state index in [1.807, 2.05) is 12.1 Å². The van der Waals surface area contributed by atoms with Gasteiger partial charge in [-0.05, 0) is 24.5 Å². The molecule has 0 fully saturated rings. The summed E-state index contributed by atoms with van der Waals surface area (Å²) in [6.45, 7) is 3.61. The Morgan fingerprint density at radius 2 is 2.00 bits per heavy atom. The molecule has 0 saturated heterocycles. The summed E-state index contributed by atoms with van der Waals surface area (Å²) in [6, 6.07) is 7.29. The summed E-state index contributed by atoms with van der Waals surface area (Å²) in [6.07, 6.45) is 7.25. The highest BCUT2D eigenvalue weighted by Gasteiger charge is 2.14. The van der Waals surface area contributed by atoms with Crippen LogP contribution >= 0.6 is 0 Å². The standard InChI is InChI=1S/C17H24O3/c1-3-4-5-6-7-11-17(20-14(2)19)16-10-8-9-15(12-16)13-18/h8-10,12-13,17H,3-7,11H2,1-2H3/t17-/m0/s1. The minimum Gasteiger partial charge on any atom is -0.458 e. The summed E-state index contributed by atoms with van der Waals surface area (Å²) >= 11 is 0. The van der Waals surface area contributed by atoms with Gasteiger partial charge in [0.1, 0.15) is 12.4 Å². The lowest BCUT2D eigenvalue weighted by Crippen LogP contribution is -2.09. The Balaban J connectivity index is 2.62. The molecule has 1 aromatic carbocycles. The minimum atomic E-state index is -0.278. The summed E-state index contributed by atoms with van der Waals surface area (Å²) < 4.78 is 5.39. The molecule has 0 aromatic heterocycles. The lowest BCUT2D eigenvalue weighted by Gasteiger charge is -2.17. The first-order chi connectivity index (χ1) is 9.67. The zero-order chi connectivity index (χ0) is 14.8. The highest BCUT2D eigenvalue weighted by atomic mass is 16.5. The van der Waals surface area contributed by atoms with Crippen molar-refractivity contribution in [3.8, 4) is 0 Å². The van der Waals surface area contributed by atoms with Crippen molar-refractivity contribution in [3.63, 3.8) is 0 Å². The predicted octanol–water partition coefficient (Wildman–Crippen LogP) is 4.46. The molecule has 3 nitrogen and oxygen atoms in total. The smallest absolute Gasteiger partial charge is 0.303 e. The Kier molecular flexibility index (Phi) is 7.63.